The molecular formula is C29H25N5O3. The molecule has 5 rings (SSSR count). The molecule has 0 unspecified atom stereocenters. The molecule has 8 heteroatoms. The van der Waals surface area contributed by atoms with Crippen molar-refractivity contribution in [3.63, 3.8) is 0 Å². The number of ether oxygens (including phenoxy) is 1. The Labute approximate surface area is 213 Å². The van der Waals surface area contributed by atoms with E-state index in [0.29, 0.717) is 46.0 Å². The van der Waals surface area contributed by atoms with Gasteiger partial charge in [-0.3, -0.25) is 9.59 Å². The molecule has 8 nitrogen and oxygen atoms in total. The van der Waals surface area contributed by atoms with E-state index in [4.69, 9.17) is 9.72 Å². The van der Waals surface area contributed by atoms with Crippen LogP contribution < -0.4 is 15.4 Å². The number of amides is 2. The number of aromatic nitrogens is 3. The number of pyridine rings is 1. The first kappa shape index (κ1) is 23.7. The van der Waals surface area contributed by atoms with Crippen LogP contribution in [0.25, 0.3) is 22.3 Å². The standard InChI is InChI=1S/C29H25N5O3/c1-19(35)31-22-13-14-27(37-2)26(15-22)33-29(36)23-16-25(21-11-7-4-8-12-21)32-28-24(23)17-30-34(28)18-20-9-5-3-6-10-20/h3-17H,18H2,1-2H3,(H,31,35)(H,33,36). The number of benzene rings is 3. The Kier molecular flexibility index (Phi) is 6.63. The molecule has 0 aliphatic carbocycles. The fourth-order valence-corrected chi connectivity index (χ4v) is 4.14. The number of fused-ring (bicyclic) bond motifs is 1. The Balaban J connectivity index is 1.58. The molecule has 0 aliphatic rings. The minimum Gasteiger partial charge on any atom is -0.495 e. The van der Waals surface area contributed by atoms with Crippen molar-refractivity contribution in [2.75, 3.05) is 17.7 Å². The van der Waals surface area contributed by atoms with Gasteiger partial charge in [0.05, 0.1) is 42.2 Å². The number of anilines is 2. The van der Waals surface area contributed by atoms with Crippen LogP contribution in [-0.2, 0) is 11.3 Å². The summed E-state index contributed by atoms with van der Waals surface area (Å²) in [6, 6.07) is 26.5. The van der Waals surface area contributed by atoms with Crippen LogP contribution in [-0.4, -0.2) is 33.7 Å². The van der Waals surface area contributed by atoms with Crippen molar-refractivity contribution < 1.29 is 14.3 Å². The molecule has 0 radical (unpaired) electrons. The monoisotopic (exact) mass is 491 g/mol. The smallest absolute Gasteiger partial charge is 0.256 e. The van der Waals surface area contributed by atoms with E-state index in [1.165, 1.54) is 14.0 Å². The summed E-state index contributed by atoms with van der Waals surface area (Å²) < 4.78 is 7.23. The van der Waals surface area contributed by atoms with E-state index in [1.807, 2.05) is 60.7 Å². The van der Waals surface area contributed by atoms with Crippen molar-refractivity contribution in [1.82, 2.24) is 14.8 Å². The van der Waals surface area contributed by atoms with Crippen LogP contribution in [0.1, 0.15) is 22.8 Å². The van der Waals surface area contributed by atoms with Gasteiger partial charge in [-0.2, -0.15) is 5.10 Å². The summed E-state index contributed by atoms with van der Waals surface area (Å²) in [7, 11) is 1.52. The van der Waals surface area contributed by atoms with Gasteiger partial charge in [-0.05, 0) is 29.8 Å². The van der Waals surface area contributed by atoms with Crippen LogP contribution in [0.2, 0.25) is 0 Å². The van der Waals surface area contributed by atoms with Gasteiger partial charge in [0.25, 0.3) is 5.91 Å². The van der Waals surface area contributed by atoms with E-state index in [0.717, 1.165) is 11.1 Å². The Morgan fingerprint density at radius 1 is 0.919 bits per heavy atom. The third-order valence-corrected chi connectivity index (χ3v) is 5.87. The van der Waals surface area contributed by atoms with Crippen LogP contribution in [0.4, 0.5) is 11.4 Å². The molecule has 184 valence electrons. The van der Waals surface area contributed by atoms with Gasteiger partial charge >= 0.3 is 0 Å². The number of nitrogens with one attached hydrogen (secondary N) is 2. The third-order valence-electron chi connectivity index (χ3n) is 5.87. The maximum Gasteiger partial charge on any atom is 0.256 e. The van der Waals surface area contributed by atoms with Gasteiger partial charge in [-0.15, -0.1) is 0 Å². The van der Waals surface area contributed by atoms with E-state index < -0.39 is 0 Å². The van der Waals surface area contributed by atoms with Crippen LogP contribution in [0.5, 0.6) is 5.75 Å². The van der Waals surface area contributed by atoms with Crippen LogP contribution in [0.3, 0.4) is 0 Å². The average molecular weight is 492 g/mol. The van der Waals surface area contributed by atoms with Crippen molar-refractivity contribution in [1.29, 1.82) is 0 Å². The largest absolute Gasteiger partial charge is 0.495 e. The highest BCUT2D eigenvalue weighted by atomic mass is 16.5. The SMILES string of the molecule is COc1ccc(NC(C)=O)cc1NC(=O)c1cc(-c2ccccc2)nc2c1cnn2Cc1ccccc1. The Bertz CT molecular complexity index is 1580. The van der Waals surface area contributed by atoms with Gasteiger partial charge in [-0.1, -0.05) is 60.7 Å². The Morgan fingerprint density at radius 2 is 1.65 bits per heavy atom. The second kappa shape index (κ2) is 10.3. The normalized spacial score (nSPS) is 10.8. The Hall–Kier alpha value is -4.98. The summed E-state index contributed by atoms with van der Waals surface area (Å²) in [5, 5.41) is 10.9. The number of nitrogens with zero attached hydrogens (tertiary/aromatic N) is 3. The van der Waals surface area contributed by atoms with Crippen molar-refractivity contribution in [3.8, 4) is 17.0 Å². The quantitative estimate of drug-likeness (QED) is 0.319. The number of carbonyl (C=O) groups is 2. The van der Waals surface area contributed by atoms with Gasteiger partial charge in [0.15, 0.2) is 5.65 Å². The number of rotatable bonds is 7. The molecule has 2 heterocycles. The molecule has 0 spiro atoms. The maximum absolute atomic E-state index is 13.7. The minimum atomic E-state index is -0.345. The Morgan fingerprint density at radius 3 is 2.35 bits per heavy atom. The van der Waals surface area contributed by atoms with Gasteiger partial charge < -0.3 is 15.4 Å². The fraction of sp³-hybridized carbons (Fsp3) is 0.103. The zero-order valence-electron chi connectivity index (χ0n) is 20.4. The lowest BCUT2D eigenvalue weighted by Crippen LogP contribution is -2.14. The molecule has 3 aromatic carbocycles. The third kappa shape index (κ3) is 5.18. The van der Waals surface area contributed by atoms with Gasteiger partial charge in [0, 0.05) is 18.2 Å². The van der Waals surface area contributed by atoms with Crippen LogP contribution in [0, 0.1) is 0 Å². The highest BCUT2D eigenvalue weighted by molar-refractivity contribution is 6.13. The lowest BCUT2D eigenvalue weighted by molar-refractivity contribution is -0.114. The molecule has 0 bridgehead atoms. The molecule has 0 atom stereocenters. The average Bonchev–Trinajstić information content (AvgIpc) is 3.31. The number of hydrogen-bond donors (Lipinski definition) is 2. The molecular weight excluding hydrogens is 466 g/mol. The highest BCUT2D eigenvalue weighted by Crippen LogP contribution is 2.30. The van der Waals surface area contributed by atoms with Crippen LogP contribution in [0.15, 0.2) is 91.1 Å². The number of carbonyl (C=O) groups excluding carboxylic acids is 2. The summed E-state index contributed by atoms with van der Waals surface area (Å²) in [5.41, 5.74) is 4.63. The van der Waals surface area contributed by atoms with E-state index in [2.05, 4.69) is 15.7 Å². The molecule has 2 amide bonds. The van der Waals surface area contributed by atoms with E-state index in [1.54, 1.807) is 35.1 Å². The minimum absolute atomic E-state index is 0.211. The predicted molar refractivity (Wildman–Crippen MR) is 144 cm³/mol. The summed E-state index contributed by atoms with van der Waals surface area (Å²) >= 11 is 0. The molecule has 0 saturated heterocycles. The topological polar surface area (TPSA) is 98.1 Å². The molecule has 5 aromatic rings. The summed E-state index contributed by atoms with van der Waals surface area (Å²) in [5.74, 6) is -0.0884. The zero-order chi connectivity index (χ0) is 25.8. The second-order valence-electron chi connectivity index (χ2n) is 8.50. The molecule has 0 saturated carbocycles. The first-order valence-corrected chi connectivity index (χ1v) is 11.7. The molecule has 37 heavy (non-hydrogen) atoms. The number of methoxy groups -OCH3 is 1. The van der Waals surface area contributed by atoms with Crippen molar-refractivity contribution >= 4 is 34.2 Å². The predicted octanol–water partition coefficient (Wildman–Crippen LogP) is 5.37. The lowest BCUT2D eigenvalue weighted by Gasteiger charge is -2.14. The summed E-state index contributed by atoms with van der Waals surface area (Å²) in [6.07, 6.45) is 1.67. The first-order chi connectivity index (χ1) is 18.0. The lowest BCUT2D eigenvalue weighted by atomic mass is 10.1. The fourth-order valence-electron chi connectivity index (χ4n) is 4.14. The van der Waals surface area contributed by atoms with Crippen LogP contribution >= 0.6 is 0 Å². The van der Waals surface area contributed by atoms with Crippen molar-refractivity contribution in [2.24, 2.45) is 0 Å². The van der Waals surface area contributed by atoms with E-state index >= 15 is 0 Å². The molecule has 2 aromatic heterocycles. The van der Waals surface area contributed by atoms with E-state index in [-0.39, 0.29) is 11.8 Å². The summed E-state index contributed by atoms with van der Waals surface area (Å²) in [4.78, 5) is 30.1. The van der Waals surface area contributed by atoms with Crippen molar-refractivity contribution in [2.45, 2.75) is 13.5 Å². The summed E-state index contributed by atoms with van der Waals surface area (Å²) in [6.45, 7) is 1.94. The van der Waals surface area contributed by atoms with E-state index in [9.17, 15) is 9.59 Å². The zero-order valence-corrected chi connectivity index (χ0v) is 20.4. The van der Waals surface area contributed by atoms with Crippen molar-refractivity contribution in [3.05, 3.63) is 102 Å². The highest BCUT2D eigenvalue weighted by Gasteiger charge is 2.19. The van der Waals surface area contributed by atoms with Gasteiger partial charge in [-0.25, -0.2) is 9.67 Å². The number of hydrogen-bond acceptors (Lipinski definition) is 5. The molecule has 2 N–H and O–H groups in total. The second-order valence-corrected chi connectivity index (χ2v) is 8.50. The molecule has 0 aliphatic heterocycles. The van der Waals surface area contributed by atoms with Gasteiger partial charge in [0.1, 0.15) is 5.75 Å². The van der Waals surface area contributed by atoms with Gasteiger partial charge in [0.2, 0.25) is 5.91 Å². The first-order valence-electron chi connectivity index (χ1n) is 11.7. The molecule has 0 fully saturated rings. The maximum atomic E-state index is 13.7.